The summed E-state index contributed by atoms with van der Waals surface area (Å²) in [5.41, 5.74) is 2.08. The molecule has 1 atom stereocenters. The summed E-state index contributed by atoms with van der Waals surface area (Å²) in [6.45, 7) is 2.79. The first kappa shape index (κ1) is 22.4. The van der Waals surface area contributed by atoms with Crippen molar-refractivity contribution in [2.75, 3.05) is 24.3 Å². The van der Waals surface area contributed by atoms with Gasteiger partial charge in [-0.3, -0.25) is 9.59 Å². The van der Waals surface area contributed by atoms with Gasteiger partial charge >= 0.3 is 5.97 Å². The molecular weight excluding hydrogens is 382 g/mol. The lowest BCUT2D eigenvalue weighted by atomic mass is 10.1. The van der Waals surface area contributed by atoms with Gasteiger partial charge < -0.3 is 15.0 Å². The quantitative estimate of drug-likeness (QED) is 0.328. The maximum atomic E-state index is 12.4. The number of nitrogens with zero attached hydrogens (tertiary/aromatic N) is 2. The van der Waals surface area contributed by atoms with Gasteiger partial charge in [-0.05, 0) is 49.8 Å². The Bertz CT molecular complexity index is 1020. The summed E-state index contributed by atoms with van der Waals surface area (Å²) < 4.78 is 5.14. The minimum Gasteiger partial charge on any atom is -0.448 e. The molecule has 0 aromatic heterocycles. The molecule has 0 bridgehead atoms. The number of para-hydroxylation sites is 1. The summed E-state index contributed by atoms with van der Waals surface area (Å²) >= 11 is 0. The number of nitriles is 1. The topological polar surface area (TPSA) is 99.5 Å². The predicted molar refractivity (Wildman–Crippen MR) is 115 cm³/mol. The number of rotatable bonds is 7. The van der Waals surface area contributed by atoms with Crippen LogP contribution in [0.2, 0.25) is 0 Å². The molecule has 0 aliphatic rings. The van der Waals surface area contributed by atoms with Crippen LogP contribution in [0.25, 0.3) is 6.08 Å². The highest BCUT2D eigenvalue weighted by atomic mass is 16.5. The van der Waals surface area contributed by atoms with Gasteiger partial charge in [-0.1, -0.05) is 24.3 Å². The largest absolute Gasteiger partial charge is 0.448 e. The minimum atomic E-state index is -1.16. The number of carbonyl (C=O) groups is 3. The summed E-state index contributed by atoms with van der Waals surface area (Å²) in [5, 5.41) is 11.9. The Kier molecular flexibility index (Phi) is 7.48. The highest BCUT2D eigenvalue weighted by molar-refractivity contribution is 6.05. The molecule has 0 spiro atoms. The number of ether oxygens (including phenoxy) is 1. The van der Waals surface area contributed by atoms with Crippen LogP contribution in [0.15, 0.2) is 54.1 Å². The maximum absolute atomic E-state index is 12.4. The summed E-state index contributed by atoms with van der Waals surface area (Å²) in [6, 6.07) is 15.6. The number of nitrogens with one attached hydrogen (secondary N) is 1. The molecule has 7 nitrogen and oxygen atoms in total. The molecule has 0 aliphatic heterocycles. The van der Waals surface area contributed by atoms with Crippen molar-refractivity contribution in [3.05, 3.63) is 65.2 Å². The Morgan fingerprint density at radius 1 is 1.10 bits per heavy atom. The second-order valence-electron chi connectivity index (χ2n) is 6.79. The van der Waals surface area contributed by atoms with Crippen molar-refractivity contribution in [2.24, 2.45) is 0 Å². The molecule has 0 saturated heterocycles. The summed E-state index contributed by atoms with van der Waals surface area (Å²) in [7, 11) is 3.81. The molecule has 2 aromatic carbocycles. The Labute approximate surface area is 175 Å². The van der Waals surface area contributed by atoms with Crippen LogP contribution in [0, 0.1) is 11.3 Å². The van der Waals surface area contributed by atoms with Crippen LogP contribution >= 0.6 is 0 Å². The van der Waals surface area contributed by atoms with E-state index in [9.17, 15) is 19.6 Å². The lowest BCUT2D eigenvalue weighted by Gasteiger charge is -2.15. The number of carbonyl (C=O) groups excluding carboxylic acids is 3. The standard InChI is InChI=1S/C23H23N3O4/c1-15(27)20-7-5-6-8-21(20)25-22(28)16(2)30-23(29)18(14-24)13-17-9-11-19(12-10-17)26(3)4/h5-13,16H,1-4H3,(H,25,28)/b18-13+/t16-/m1/s1. The smallest absolute Gasteiger partial charge is 0.349 e. The fourth-order valence-electron chi connectivity index (χ4n) is 2.58. The molecule has 0 radical (unpaired) electrons. The Morgan fingerprint density at radius 2 is 1.73 bits per heavy atom. The summed E-state index contributed by atoms with van der Waals surface area (Å²) in [5.74, 6) is -1.72. The highest BCUT2D eigenvalue weighted by Gasteiger charge is 2.21. The average Bonchev–Trinajstić information content (AvgIpc) is 2.72. The SMILES string of the molecule is CC(=O)c1ccccc1NC(=O)[C@@H](C)OC(=O)/C(C#N)=C/c1ccc(N(C)C)cc1. The van der Waals surface area contributed by atoms with Crippen LogP contribution in [0.1, 0.15) is 29.8 Å². The number of ketones is 1. The van der Waals surface area contributed by atoms with E-state index >= 15 is 0 Å². The zero-order chi connectivity index (χ0) is 22.3. The number of hydrogen-bond donors (Lipinski definition) is 1. The lowest BCUT2D eigenvalue weighted by Crippen LogP contribution is -2.30. The van der Waals surface area contributed by atoms with Crippen LogP contribution in [0.5, 0.6) is 0 Å². The van der Waals surface area contributed by atoms with Crippen LogP contribution < -0.4 is 10.2 Å². The molecule has 1 amide bonds. The average molecular weight is 405 g/mol. The first-order chi connectivity index (χ1) is 14.2. The van der Waals surface area contributed by atoms with E-state index in [4.69, 9.17) is 4.74 Å². The van der Waals surface area contributed by atoms with Gasteiger partial charge in [0.15, 0.2) is 11.9 Å². The maximum Gasteiger partial charge on any atom is 0.349 e. The van der Waals surface area contributed by atoms with Gasteiger partial charge in [0.25, 0.3) is 5.91 Å². The third-order valence-corrected chi connectivity index (χ3v) is 4.28. The third-order valence-electron chi connectivity index (χ3n) is 4.28. The van der Waals surface area contributed by atoms with Gasteiger partial charge in [0.05, 0.1) is 5.69 Å². The van der Waals surface area contributed by atoms with Gasteiger partial charge in [0.1, 0.15) is 11.6 Å². The van der Waals surface area contributed by atoms with Gasteiger partial charge in [-0.15, -0.1) is 0 Å². The van der Waals surface area contributed by atoms with Gasteiger partial charge in [-0.25, -0.2) is 4.79 Å². The highest BCUT2D eigenvalue weighted by Crippen LogP contribution is 2.17. The van der Waals surface area contributed by atoms with Crippen molar-refractivity contribution >= 4 is 35.1 Å². The van der Waals surface area contributed by atoms with Crippen molar-refractivity contribution in [3.63, 3.8) is 0 Å². The zero-order valence-corrected chi connectivity index (χ0v) is 17.3. The summed E-state index contributed by atoms with van der Waals surface area (Å²) in [4.78, 5) is 38.3. The first-order valence-corrected chi connectivity index (χ1v) is 9.24. The van der Waals surface area contributed by atoms with E-state index in [1.54, 1.807) is 42.5 Å². The lowest BCUT2D eigenvalue weighted by molar-refractivity contribution is -0.148. The number of hydrogen-bond acceptors (Lipinski definition) is 6. The molecule has 30 heavy (non-hydrogen) atoms. The van der Waals surface area contributed by atoms with Crippen LogP contribution in [-0.4, -0.2) is 37.9 Å². The second-order valence-corrected chi connectivity index (χ2v) is 6.79. The summed E-state index contributed by atoms with van der Waals surface area (Å²) in [6.07, 6.45) is 0.239. The van der Waals surface area contributed by atoms with Crippen molar-refractivity contribution < 1.29 is 19.1 Å². The number of benzene rings is 2. The molecular formula is C23H23N3O4. The van der Waals surface area contributed by atoms with Crippen molar-refractivity contribution in [1.29, 1.82) is 5.26 Å². The van der Waals surface area contributed by atoms with Gasteiger partial charge in [0, 0.05) is 25.3 Å². The molecule has 2 rings (SSSR count). The van der Waals surface area contributed by atoms with Crippen molar-refractivity contribution in [1.82, 2.24) is 0 Å². The first-order valence-electron chi connectivity index (χ1n) is 9.24. The minimum absolute atomic E-state index is 0.203. The van der Waals surface area contributed by atoms with E-state index in [0.29, 0.717) is 16.8 Å². The molecule has 7 heteroatoms. The Hall–Kier alpha value is -3.92. The molecule has 0 unspecified atom stereocenters. The van der Waals surface area contributed by atoms with Crippen molar-refractivity contribution in [3.8, 4) is 6.07 Å². The monoisotopic (exact) mass is 405 g/mol. The number of anilines is 2. The normalized spacial score (nSPS) is 11.8. The fraction of sp³-hybridized carbons (Fsp3) is 0.217. The van der Waals surface area contributed by atoms with E-state index in [1.165, 1.54) is 19.9 Å². The Morgan fingerprint density at radius 3 is 2.30 bits per heavy atom. The molecule has 0 fully saturated rings. The number of amides is 1. The van der Waals surface area contributed by atoms with Gasteiger partial charge in [-0.2, -0.15) is 5.26 Å². The fourth-order valence-corrected chi connectivity index (χ4v) is 2.58. The van der Waals surface area contributed by atoms with Gasteiger partial charge in [0.2, 0.25) is 0 Å². The van der Waals surface area contributed by atoms with Crippen molar-refractivity contribution in [2.45, 2.75) is 20.0 Å². The molecule has 0 aliphatic carbocycles. The van der Waals surface area contributed by atoms with Crippen LogP contribution in [0.3, 0.4) is 0 Å². The second kappa shape index (κ2) is 10.0. The van der Waals surface area contributed by atoms with E-state index in [2.05, 4.69) is 5.32 Å². The van der Waals surface area contributed by atoms with E-state index in [-0.39, 0.29) is 11.4 Å². The number of esters is 1. The predicted octanol–water partition coefficient (Wildman–Crippen LogP) is 3.43. The zero-order valence-electron chi connectivity index (χ0n) is 17.3. The van der Waals surface area contributed by atoms with E-state index < -0.39 is 18.0 Å². The third kappa shape index (κ3) is 5.79. The Balaban J connectivity index is 2.08. The van der Waals surface area contributed by atoms with Crippen LogP contribution in [-0.2, 0) is 14.3 Å². The molecule has 154 valence electrons. The van der Waals surface area contributed by atoms with E-state index in [1.807, 2.05) is 31.1 Å². The number of Topliss-reactive ketones (excluding diaryl/α,β-unsaturated/α-hetero) is 1. The molecule has 0 saturated carbocycles. The van der Waals surface area contributed by atoms with E-state index in [0.717, 1.165) is 5.69 Å². The molecule has 1 N–H and O–H groups in total. The van der Waals surface area contributed by atoms with Crippen LogP contribution in [0.4, 0.5) is 11.4 Å². The molecule has 0 heterocycles. The molecule has 2 aromatic rings.